The Morgan fingerprint density at radius 2 is 1.50 bits per heavy atom. The normalized spacial score (nSPS) is 15.8. The maximum absolute atomic E-state index is 13.4. The molecule has 1 amide bonds. The molecule has 190 valence electrons. The van der Waals surface area contributed by atoms with Gasteiger partial charge in [0.05, 0.1) is 0 Å². The van der Waals surface area contributed by atoms with Crippen LogP contribution in [0.3, 0.4) is 0 Å². The number of amides is 1. The van der Waals surface area contributed by atoms with E-state index in [1.54, 1.807) is 14.2 Å². The second-order valence-corrected chi connectivity index (χ2v) is 8.50. The Hall–Kier alpha value is -2.41. The molecule has 0 atom stereocenters. The Labute approximate surface area is 206 Å². The summed E-state index contributed by atoms with van der Waals surface area (Å²) >= 11 is 0. The predicted octanol–water partition coefficient (Wildman–Crippen LogP) is 4.62. The number of hydrogen-bond acceptors (Lipinski definition) is 4. The van der Waals surface area contributed by atoms with Crippen LogP contribution in [0, 0.1) is 13.8 Å². The second kappa shape index (κ2) is 15.5. The summed E-state index contributed by atoms with van der Waals surface area (Å²) in [5.41, 5.74) is 5.79. The van der Waals surface area contributed by atoms with Crippen LogP contribution in [-0.2, 0) is 9.47 Å². The first kappa shape index (κ1) is 29.6. The topological polar surface area (TPSA) is 73.5 Å². The SMILES string of the molecule is CC.COC.Cc1cccc(N2CCN(C(=O)c3cc(C)ccc3C3CCOCC3)CC2)c1.O. The molecular weight excluding hydrogens is 428 g/mol. The molecule has 34 heavy (non-hydrogen) atoms. The number of piperazine rings is 1. The van der Waals surface area contributed by atoms with Crippen molar-refractivity contribution in [3.8, 4) is 0 Å². The maximum atomic E-state index is 13.4. The highest BCUT2D eigenvalue weighted by molar-refractivity contribution is 5.96. The number of methoxy groups -OCH3 is 1. The third-order valence-corrected chi connectivity index (χ3v) is 6.03. The van der Waals surface area contributed by atoms with Crippen molar-refractivity contribution in [2.45, 2.75) is 46.5 Å². The highest BCUT2D eigenvalue weighted by Gasteiger charge is 2.27. The van der Waals surface area contributed by atoms with Gasteiger partial charge >= 0.3 is 0 Å². The van der Waals surface area contributed by atoms with Crippen molar-refractivity contribution < 1.29 is 19.7 Å². The third kappa shape index (κ3) is 8.12. The molecule has 4 rings (SSSR count). The Balaban J connectivity index is 0.000000895. The molecule has 0 spiro atoms. The first-order valence-corrected chi connectivity index (χ1v) is 12.2. The van der Waals surface area contributed by atoms with Crippen molar-refractivity contribution in [2.75, 3.05) is 58.5 Å². The molecule has 2 heterocycles. The van der Waals surface area contributed by atoms with Crippen molar-refractivity contribution in [2.24, 2.45) is 0 Å². The highest BCUT2D eigenvalue weighted by atomic mass is 16.5. The summed E-state index contributed by atoms with van der Waals surface area (Å²) in [6.45, 7) is 13.1. The lowest BCUT2D eigenvalue weighted by atomic mass is 9.87. The molecule has 0 radical (unpaired) electrons. The van der Waals surface area contributed by atoms with Crippen LogP contribution >= 0.6 is 0 Å². The van der Waals surface area contributed by atoms with Gasteiger partial charge < -0.3 is 24.7 Å². The van der Waals surface area contributed by atoms with Gasteiger partial charge in [-0.3, -0.25) is 4.79 Å². The number of rotatable bonds is 3. The van der Waals surface area contributed by atoms with Crippen molar-refractivity contribution in [1.82, 2.24) is 4.90 Å². The third-order valence-electron chi connectivity index (χ3n) is 6.03. The second-order valence-electron chi connectivity index (χ2n) is 8.50. The van der Waals surface area contributed by atoms with Crippen LogP contribution in [0.2, 0.25) is 0 Å². The van der Waals surface area contributed by atoms with Gasteiger partial charge in [-0.2, -0.15) is 0 Å². The Morgan fingerprint density at radius 3 is 2.09 bits per heavy atom. The van der Waals surface area contributed by atoms with E-state index < -0.39 is 0 Å². The van der Waals surface area contributed by atoms with Gasteiger partial charge in [0.25, 0.3) is 5.91 Å². The zero-order chi connectivity index (χ0) is 24.2. The molecule has 2 aromatic carbocycles. The predicted molar refractivity (Wildman–Crippen MR) is 141 cm³/mol. The van der Waals surface area contributed by atoms with Crippen molar-refractivity contribution in [3.63, 3.8) is 0 Å². The van der Waals surface area contributed by atoms with E-state index in [-0.39, 0.29) is 11.4 Å². The summed E-state index contributed by atoms with van der Waals surface area (Å²) in [5, 5.41) is 0. The lowest BCUT2D eigenvalue weighted by Crippen LogP contribution is -2.49. The Morgan fingerprint density at radius 1 is 0.912 bits per heavy atom. The van der Waals surface area contributed by atoms with E-state index in [1.807, 2.05) is 18.7 Å². The van der Waals surface area contributed by atoms with Crippen LogP contribution < -0.4 is 4.90 Å². The van der Waals surface area contributed by atoms with Gasteiger partial charge in [0.15, 0.2) is 0 Å². The van der Waals surface area contributed by atoms with Gasteiger partial charge in [0, 0.05) is 64.9 Å². The molecule has 0 aromatic heterocycles. The summed E-state index contributed by atoms with van der Waals surface area (Å²) in [4.78, 5) is 17.8. The lowest BCUT2D eigenvalue weighted by Gasteiger charge is -2.37. The largest absolute Gasteiger partial charge is 0.412 e. The van der Waals surface area contributed by atoms with E-state index in [9.17, 15) is 4.79 Å². The maximum Gasteiger partial charge on any atom is 0.254 e. The van der Waals surface area contributed by atoms with Gasteiger partial charge in [0.2, 0.25) is 0 Å². The lowest BCUT2D eigenvalue weighted by molar-refractivity contribution is 0.0732. The van der Waals surface area contributed by atoms with Gasteiger partial charge in [-0.1, -0.05) is 43.7 Å². The average Bonchev–Trinajstić information content (AvgIpc) is 2.86. The number of ether oxygens (including phenoxy) is 2. The van der Waals surface area contributed by atoms with Crippen molar-refractivity contribution in [1.29, 1.82) is 0 Å². The number of nitrogens with zero attached hydrogens (tertiary/aromatic N) is 2. The fourth-order valence-corrected chi connectivity index (χ4v) is 4.38. The molecule has 0 saturated carbocycles. The fraction of sp³-hybridized carbons (Fsp3) is 0.536. The first-order valence-electron chi connectivity index (χ1n) is 12.2. The number of hydrogen-bond donors (Lipinski definition) is 0. The average molecular weight is 473 g/mol. The molecule has 2 aliphatic rings. The van der Waals surface area contributed by atoms with Gasteiger partial charge in [0.1, 0.15) is 0 Å². The minimum absolute atomic E-state index is 0. The number of aryl methyl sites for hydroxylation is 2. The molecule has 0 aliphatic carbocycles. The van der Waals surface area contributed by atoms with Gasteiger partial charge in [-0.05, 0) is 61.9 Å². The van der Waals surface area contributed by atoms with E-state index in [2.05, 4.69) is 65.9 Å². The number of anilines is 1. The standard InChI is InChI=1S/C24H30N2O2.C2H6O.C2H6.H2O/c1-18-4-3-5-21(16-18)25-10-12-26(13-11-25)24(27)23-17-19(2)6-7-22(23)20-8-14-28-15-9-20;1-3-2;1-2;/h3-7,16-17,20H,8-15H2,1-2H3;1-2H3;1-2H3;1H2. The van der Waals surface area contributed by atoms with Crippen LogP contribution in [0.25, 0.3) is 0 Å². The van der Waals surface area contributed by atoms with E-state index in [0.717, 1.165) is 63.4 Å². The zero-order valence-corrected chi connectivity index (χ0v) is 21.9. The zero-order valence-electron chi connectivity index (χ0n) is 21.9. The molecule has 6 heteroatoms. The molecule has 0 bridgehead atoms. The molecule has 0 unspecified atom stereocenters. The van der Waals surface area contributed by atoms with Gasteiger partial charge in [-0.15, -0.1) is 0 Å². The van der Waals surface area contributed by atoms with Crippen molar-refractivity contribution in [3.05, 3.63) is 64.7 Å². The smallest absolute Gasteiger partial charge is 0.254 e. The minimum Gasteiger partial charge on any atom is -0.412 e. The summed E-state index contributed by atoms with van der Waals surface area (Å²) in [6.07, 6.45) is 2.01. The highest BCUT2D eigenvalue weighted by Crippen LogP contribution is 2.31. The summed E-state index contributed by atoms with van der Waals surface area (Å²) in [5.74, 6) is 0.621. The summed E-state index contributed by atoms with van der Waals surface area (Å²) in [6, 6.07) is 15.0. The number of carbonyl (C=O) groups is 1. The number of carbonyl (C=O) groups excluding carboxylic acids is 1. The molecule has 6 nitrogen and oxygen atoms in total. The van der Waals surface area contributed by atoms with E-state index >= 15 is 0 Å². The summed E-state index contributed by atoms with van der Waals surface area (Å²) in [7, 11) is 3.25. The van der Waals surface area contributed by atoms with E-state index in [0.29, 0.717) is 5.92 Å². The van der Waals surface area contributed by atoms with Crippen LogP contribution in [0.5, 0.6) is 0 Å². The molecule has 2 aromatic rings. The van der Waals surface area contributed by atoms with E-state index in [1.165, 1.54) is 16.8 Å². The van der Waals surface area contributed by atoms with Crippen molar-refractivity contribution >= 4 is 11.6 Å². The van der Waals surface area contributed by atoms with Crippen LogP contribution in [0.15, 0.2) is 42.5 Å². The van der Waals surface area contributed by atoms with E-state index in [4.69, 9.17) is 4.74 Å². The molecule has 2 fully saturated rings. The monoisotopic (exact) mass is 472 g/mol. The molecular formula is C28H44N2O4. The van der Waals surface area contributed by atoms with Crippen LogP contribution in [-0.4, -0.2) is 69.9 Å². The Bertz CT molecular complexity index is 857. The number of benzene rings is 2. The summed E-state index contributed by atoms with van der Waals surface area (Å²) < 4.78 is 9.77. The van der Waals surface area contributed by atoms with Crippen LogP contribution in [0.1, 0.15) is 59.7 Å². The molecule has 2 aliphatic heterocycles. The molecule has 2 N–H and O–H groups in total. The Kier molecular flexibility index (Phi) is 13.5. The fourth-order valence-electron chi connectivity index (χ4n) is 4.38. The first-order chi connectivity index (χ1) is 16.0. The minimum atomic E-state index is 0. The van der Waals surface area contributed by atoms with Crippen LogP contribution in [0.4, 0.5) is 5.69 Å². The van der Waals surface area contributed by atoms with Gasteiger partial charge in [-0.25, -0.2) is 0 Å². The quantitative estimate of drug-likeness (QED) is 0.653. The molecule has 2 saturated heterocycles.